The van der Waals surface area contributed by atoms with Gasteiger partial charge in [-0.1, -0.05) is 23.4 Å². The van der Waals surface area contributed by atoms with Gasteiger partial charge in [0.05, 0.1) is 13.0 Å². The molecule has 2 aromatic carbocycles. The fourth-order valence-corrected chi connectivity index (χ4v) is 3.26. The van der Waals surface area contributed by atoms with E-state index in [1.165, 1.54) is 12.1 Å². The Balaban J connectivity index is 1.58. The average Bonchev–Trinajstić information content (AvgIpc) is 3.31. The smallest absolute Gasteiger partial charge is 0.232 e. The summed E-state index contributed by atoms with van der Waals surface area (Å²) < 4.78 is 24.2. The first-order chi connectivity index (χ1) is 13.0. The van der Waals surface area contributed by atoms with Crippen LogP contribution in [0.5, 0.6) is 5.75 Å². The molecular formula is C20H18FN3O3. The van der Waals surface area contributed by atoms with E-state index in [2.05, 4.69) is 10.1 Å². The third kappa shape index (κ3) is 3.28. The lowest BCUT2D eigenvalue weighted by Gasteiger charge is -2.18. The zero-order valence-corrected chi connectivity index (χ0v) is 15.0. The molecule has 6 nitrogen and oxygen atoms in total. The fraction of sp³-hybridized carbons (Fsp3) is 0.250. The molecule has 1 aliphatic rings. The molecule has 1 fully saturated rings. The van der Waals surface area contributed by atoms with Crippen LogP contribution in [0.2, 0.25) is 0 Å². The zero-order chi connectivity index (χ0) is 19.0. The van der Waals surface area contributed by atoms with Crippen LogP contribution < -0.4 is 9.64 Å². The Hall–Kier alpha value is -3.22. The largest absolute Gasteiger partial charge is 0.497 e. The van der Waals surface area contributed by atoms with Crippen LogP contribution in [0, 0.1) is 12.7 Å². The molecule has 3 aromatic rings. The van der Waals surface area contributed by atoms with Crippen molar-refractivity contribution >= 4 is 11.6 Å². The summed E-state index contributed by atoms with van der Waals surface area (Å²) in [5.74, 6) is 0.851. The van der Waals surface area contributed by atoms with Gasteiger partial charge in [0.2, 0.25) is 17.6 Å². The Kier molecular flexibility index (Phi) is 4.35. The van der Waals surface area contributed by atoms with Crippen molar-refractivity contribution in [2.45, 2.75) is 19.3 Å². The highest BCUT2D eigenvalue weighted by Gasteiger charge is 2.35. The molecule has 0 bridgehead atoms. The molecule has 0 radical (unpaired) electrons. The number of aryl methyl sites for hydroxylation is 1. The minimum Gasteiger partial charge on any atom is -0.497 e. The minimum absolute atomic E-state index is 0.0881. The lowest BCUT2D eigenvalue weighted by molar-refractivity contribution is -0.117. The van der Waals surface area contributed by atoms with Gasteiger partial charge in [-0.25, -0.2) is 4.39 Å². The number of methoxy groups -OCH3 is 1. The van der Waals surface area contributed by atoms with E-state index in [9.17, 15) is 9.18 Å². The number of rotatable bonds is 4. The summed E-state index contributed by atoms with van der Waals surface area (Å²) in [5.41, 5.74) is 2.19. The number of anilines is 1. The molecule has 1 amide bonds. The van der Waals surface area contributed by atoms with Crippen molar-refractivity contribution in [1.82, 2.24) is 10.1 Å². The van der Waals surface area contributed by atoms with Crippen molar-refractivity contribution in [3.63, 3.8) is 0 Å². The second-order valence-corrected chi connectivity index (χ2v) is 6.52. The first-order valence-electron chi connectivity index (χ1n) is 8.59. The first kappa shape index (κ1) is 17.2. The second kappa shape index (κ2) is 6.83. The summed E-state index contributed by atoms with van der Waals surface area (Å²) in [6.07, 6.45) is 0.246. The number of carbonyl (C=O) groups is 1. The van der Waals surface area contributed by atoms with E-state index in [0.29, 0.717) is 29.7 Å². The number of aromatic nitrogens is 2. The van der Waals surface area contributed by atoms with E-state index in [1.807, 2.05) is 31.2 Å². The number of nitrogens with zero attached hydrogens (tertiary/aromatic N) is 3. The molecule has 0 spiro atoms. The molecule has 0 aliphatic carbocycles. The van der Waals surface area contributed by atoms with E-state index in [4.69, 9.17) is 9.26 Å². The zero-order valence-electron chi connectivity index (χ0n) is 15.0. The Morgan fingerprint density at radius 2 is 2.11 bits per heavy atom. The molecule has 2 heterocycles. The van der Waals surface area contributed by atoms with Gasteiger partial charge in [-0.15, -0.1) is 0 Å². The average molecular weight is 367 g/mol. The lowest BCUT2D eigenvalue weighted by atomic mass is 10.1. The van der Waals surface area contributed by atoms with Crippen LogP contribution in [0.25, 0.3) is 11.4 Å². The maximum atomic E-state index is 13.6. The molecule has 27 heavy (non-hydrogen) atoms. The lowest BCUT2D eigenvalue weighted by Crippen LogP contribution is -2.25. The van der Waals surface area contributed by atoms with Gasteiger partial charge >= 0.3 is 0 Å². The van der Waals surface area contributed by atoms with Crippen molar-refractivity contribution in [2.24, 2.45) is 0 Å². The van der Waals surface area contributed by atoms with Crippen molar-refractivity contribution in [1.29, 1.82) is 0 Å². The Bertz CT molecular complexity index is 1000. The Morgan fingerprint density at radius 3 is 2.93 bits per heavy atom. The van der Waals surface area contributed by atoms with E-state index in [1.54, 1.807) is 18.1 Å². The highest BCUT2D eigenvalue weighted by Crippen LogP contribution is 2.34. The number of ether oxygens (including phenoxy) is 1. The van der Waals surface area contributed by atoms with Gasteiger partial charge in [0, 0.05) is 24.2 Å². The summed E-state index contributed by atoms with van der Waals surface area (Å²) in [6, 6.07) is 11.8. The SMILES string of the molecule is COc1cccc(-c2noc(C3CC(=O)N(c4cc(F)ccc4C)C3)n2)c1. The number of hydrogen-bond acceptors (Lipinski definition) is 5. The fourth-order valence-electron chi connectivity index (χ4n) is 3.26. The van der Waals surface area contributed by atoms with E-state index < -0.39 is 0 Å². The number of halogens is 1. The van der Waals surface area contributed by atoms with Gasteiger partial charge < -0.3 is 14.2 Å². The molecule has 7 heteroatoms. The third-order valence-corrected chi connectivity index (χ3v) is 4.71. The molecule has 0 N–H and O–H groups in total. The molecule has 4 rings (SSSR count). The second-order valence-electron chi connectivity index (χ2n) is 6.52. The predicted molar refractivity (Wildman–Crippen MR) is 97.1 cm³/mol. The van der Waals surface area contributed by atoms with Gasteiger partial charge in [-0.05, 0) is 36.8 Å². The van der Waals surface area contributed by atoms with Crippen LogP contribution in [-0.4, -0.2) is 29.7 Å². The number of carbonyl (C=O) groups excluding carboxylic acids is 1. The molecule has 1 unspecified atom stereocenters. The molecular weight excluding hydrogens is 349 g/mol. The minimum atomic E-state index is -0.370. The summed E-state index contributed by atoms with van der Waals surface area (Å²) in [6.45, 7) is 2.23. The first-order valence-corrected chi connectivity index (χ1v) is 8.59. The van der Waals surface area contributed by atoms with Crippen LogP contribution in [0.4, 0.5) is 10.1 Å². The predicted octanol–water partition coefficient (Wildman–Crippen LogP) is 3.71. The maximum absolute atomic E-state index is 13.6. The molecule has 1 atom stereocenters. The quantitative estimate of drug-likeness (QED) is 0.703. The highest BCUT2D eigenvalue weighted by molar-refractivity contribution is 5.97. The highest BCUT2D eigenvalue weighted by atomic mass is 19.1. The number of benzene rings is 2. The van der Waals surface area contributed by atoms with Gasteiger partial charge in [0.25, 0.3) is 0 Å². The molecule has 0 saturated carbocycles. The van der Waals surface area contributed by atoms with Crippen molar-refractivity contribution in [3.8, 4) is 17.1 Å². The van der Waals surface area contributed by atoms with Crippen LogP contribution in [0.1, 0.15) is 23.8 Å². The van der Waals surface area contributed by atoms with Crippen molar-refractivity contribution in [2.75, 3.05) is 18.6 Å². The van der Waals surface area contributed by atoms with Crippen LogP contribution in [0.15, 0.2) is 47.0 Å². The molecule has 1 aromatic heterocycles. The maximum Gasteiger partial charge on any atom is 0.232 e. The summed E-state index contributed by atoms with van der Waals surface area (Å²) in [5, 5.41) is 4.03. The topological polar surface area (TPSA) is 68.5 Å². The molecule has 1 saturated heterocycles. The summed E-state index contributed by atoms with van der Waals surface area (Å²) in [7, 11) is 1.59. The van der Waals surface area contributed by atoms with E-state index >= 15 is 0 Å². The number of hydrogen-bond donors (Lipinski definition) is 0. The normalized spacial score (nSPS) is 16.8. The Labute approximate surface area is 155 Å². The van der Waals surface area contributed by atoms with E-state index in [-0.39, 0.29) is 24.1 Å². The van der Waals surface area contributed by atoms with Crippen LogP contribution in [-0.2, 0) is 4.79 Å². The van der Waals surface area contributed by atoms with Crippen molar-refractivity contribution in [3.05, 3.63) is 59.7 Å². The van der Waals surface area contributed by atoms with Gasteiger partial charge in [-0.3, -0.25) is 4.79 Å². The van der Waals surface area contributed by atoms with Gasteiger partial charge in [0.1, 0.15) is 11.6 Å². The van der Waals surface area contributed by atoms with Gasteiger partial charge in [0.15, 0.2) is 0 Å². The van der Waals surface area contributed by atoms with E-state index in [0.717, 1.165) is 11.1 Å². The summed E-state index contributed by atoms with van der Waals surface area (Å²) in [4.78, 5) is 18.5. The van der Waals surface area contributed by atoms with Crippen molar-refractivity contribution < 1.29 is 18.4 Å². The summed E-state index contributed by atoms with van der Waals surface area (Å²) >= 11 is 0. The Morgan fingerprint density at radius 1 is 1.26 bits per heavy atom. The van der Waals surface area contributed by atoms with Gasteiger partial charge in [-0.2, -0.15) is 4.98 Å². The van der Waals surface area contributed by atoms with Crippen LogP contribution in [0.3, 0.4) is 0 Å². The molecule has 138 valence electrons. The third-order valence-electron chi connectivity index (χ3n) is 4.71. The monoisotopic (exact) mass is 367 g/mol. The number of amides is 1. The van der Waals surface area contributed by atoms with Crippen LogP contribution >= 0.6 is 0 Å². The molecule has 1 aliphatic heterocycles. The standard InChI is InChI=1S/C20H18FN3O3/c1-12-6-7-15(21)10-17(12)24-11-14(9-18(24)25)20-22-19(23-27-20)13-4-3-5-16(8-13)26-2/h3-8,10,14H,9,11H2,1-2H3.